The Labute approximate surface area is 179 Å². The highest BCUT2D eigenvalue weighted by atomic mass is 19.4. The average Bonchev–Trinajstić information content (AvgIpc) is 3.46. The summed E-state index contributed by atoms with van der Waals surface area (Å²) in [6.07, 6.45) is -4.65. The predicted octanol–water partition coefficient (Wildman–Crippen LogP) is 3.56. The molecule has 0 saturated heterocycles. The number of carbonyl (C=O) groups excluding carboxylic acids is 1. The van der Waals surface area contributed by atoms with Crippen LogP contribution in [0.15, 0.2) is 52.9 Å². The van der Waals surface area contributed by atoms with Gasteiger partial charge in [-0.15, -0.1) is 0 Å². The quantitative estimate of drug-likeness (QED) is 0.636. The second-order valence-corrected chi connectivity index (χ2v) is 7.46. The van der Waals surface area contributed by atoms with Gasteiger partial charge in [0.15, 0.2) is 11.5 Å². The second-order valence-electron chi connectivity index (χ2n) is 7.46. The van der Waals surface area contributed by atoms with Crippen molar-refractivity contribution in [3.63, 3.8) is 0 Å². The van der Waals surface area contributed by atoms with Gasteiger partial charge < -0.3 is 29.0 Å². The number of alkyl halides is 3. The number of carbonyl (C=O) groups is 1. The van der Waals surface area contributed by atoms with Gasteiger partial charge in [0.05, 0.1) is 13.2 Å². The minimum atomic E-state index is -4.65. The number of hydrogen-bond donors (Lipinski definition) is 2. The number of benzene rings is 2. The van der Waals surface area contributed by atoms with Gasteiger partial charge >= 0.3 is 6.18 Å². The van der Waals surface area contributed by atoms with Crippen LogP contribution >= 0.6 is 0 Å². The minimum Gasteiger partial charge on any atom is -0.507 e. The van der Waals surface area contributed by atoms with Gasteiger partial charge in [0.1, 0.15) is 16.9 Å². The molecule has 1 unspecified atom stereocenters. The van der Waals surface area contributed by atoms with E-state index in [1.165, 1.54) is 17.0 Å². The van der Waals surface area contributed by atoms with Crippen molar-refractivity contribution in [2.75, 3.05) is 18.3 Å². The smallest absolute Gasteiger partial charge is 0.449 e. The number of rotatable bonds is 4. The van der Waals surface area contributed by atoms with Crippen molar-refractivity contribution in [2.24, 2.45) is 0 Å². The molecule has 2 aromatic carbocycles. The Hall–Kier alpha value is -3.66. The third-order valence-electron chi connectivity index (χ3n) is 5.71. The summed E-state index contributed by atoms with van der Waals surface area (Å²) in [5.41, 5.74) is -0.821. The standard InChI is InChI=1S/C22H16F3NO6/c23-22(24,25)19-6-5-12(32-19)9-26-15-4-2-1-3-13(15)21(10-27,20(26)29)14-7-17-18(8-16(14)28)31-11-30-17/h1-8,27-28H,9-11H2. The van der Waals surface area contributed by atoms with E-state index in [9.17, 15) is 28.2 Å². The first-order valence-electron chi connectivity index (χ1n) is 9.57. The molecule has 5 rings (SSSR count). The van der Waals surface area contributed by atoms with Gasteiger partial charge in [0.25, 0.3) is 0 Å². The molecule has 3 aromatic rings. The van der Waals surface area contributed by atoms with Gasteiger partial charge in [0, 0.05) is 17.3 Å². The summed E-state index contributed by atoms with van der Waals surface area (Å²) in [4.78, 5) is 14.9. The first-order chi connectivity index (χ1) is 15.3. The van der Waals surface area contributed by atoms with Crippen molar-refractivity contribution in [3.05, 3.63) is 71.2 Å². The van der Waals surface area contributed by atoms with E-state index in [-0.39, 0.29) is 30.4 Å². The van der Waals surface area contributed by atoms with Gasteiger partial charge in [-0.1, -0.05) is 18.2 Å². The molecule has 0 aliphatic carbocycles. The molecule has 0 bridgehead atoms. The van der Waals surface area contributed by atoms with E-state index in [1.807, 2.05) is 0 Å². The first-order valence-corrected chi connectivity index (χ1v) is 9.57. The van der Waals surface area contributed by atoms with Crippen LogP contribution in [0.3, 0.4) is 0 Å². The normalized spacial score (nSPS) is 19.5. The summed E-state index contributed by atoms with van der Waals surface area (Å²) in [5.74, 6) is -1.57. The number of anilines is 1. The van der Waals surface area contributed by atoms with Crippen molar-refractivity contribution >= 4 is 11.6 Å². The monoisotopic (exact) mass is 447 g/mol. The van der Waals surface area contributed by atoms with Crippen molar-refractivity contribution in [1.82, 2.24) is 0 Å². The molecule has 10 heteroatoms. The third-order valence-corrected chi connectivity index (χ3v) is 5.71. The summed E-state index contributed by atoms with van der Waals surface area (Å²) >= 11 is 0. The lowest BCUT2D eigenvalue weighted by Crippen LogP contribution is -2.43. The summed E-state index contributed by atoms with van der Waals surface area (Å²) in [6.45, 7) is -1.04. The topological polar surface area (TPSA) is 92.4 Å². The maximum absolute atomic E-state index is 13.7. The van der Waals surface area contributed by atoms with Crippen LogP contribution in [0.5, 0.6) is 17.2 Å². The molecule has 2 aliphatic rings. The molecule has 0 fully saturated rings. The van der Waals surface area contributed by atoms with E-state index < -0.39 is 29.9 Å². The fraction of sp³-hybridized carbons (Fsp3) is 0.227. The summed E-state index contributed by atoms with van der Waals surface area (Å²) in [5, 5.41) is 21.1. The van der Waals surface area contributed by atoms with Gasteiger partial charge in [-0.25, -0.2) is 0 Å². The Kier molecular flexibility index (Phi) is 4.38. The number of nitrogens with zero attached hydrogens (tertiary/aromatic N) is 1. The first kappa shape index (κ1) is 20.3. The molecule has 0 spiro atoms. The zero-order valence-electron chi connectivity index (χ0n) is 16.3. The Balaban J connectivity index is 1.62. The van der Waals surface area contributed by atoms with Crippen LogP contribution < -0.4 is 14.4 Å². The molecule has 1 atom stereocenters. The number of aliphatic hydroxyl groups is 1. The molecular formula is C22H16F3NO6. The Bertz CT molecular complexity index is 1220. The Morgan fingerprint density at radius 3 is 2.44 bits per heavy atom. The number of hydrogen-bond acceptors (Lipinski definition) is 6. The maximum atomic E-state index is 13.7. The van der Waals surface area contributed by atoms with E-state index in [4.69, 9.17) is 13.9 Å². The molecule has 0 radical (unpaired) electrons. The van der Waals surface area contributed by atoms with Crippen LogP contribution in [0.2, 0.25) is 0 Å². The lowest BCUT2D eigenvalue weighted by Gasteiger charge is -2.28. The number of amides is 1. The van der Waals surface area contributed by atoms with Gasteiger partial charge in [-0.3, -0.25) is 4.79 Å². The summed E-state index contributed by atoms with van der Waals surface area (Å²) in [7, 11) is 0. The zero-order valence-corrected chi connectivity index (χ0v) is 16.3. The molecule has 3 heterocycles. The summed E-state index contributed by atoms with van der Waals surface area (Å²) < 4.78 is 54.3. The SMILES string of the molecule is O=C1N(Cc2ccc(C(F)(F)F)o2)c2ccccc2C1(CO)c1cc2c(cc1O)OCO2. The average molecular weight is 447 g/mol. The van der Waals surface area contributed by atoms with Crippen LogP contribution in [-0.2, 0) is 22.9 Å². The van der Waals surface area contributed by atoms with E-state index in [1.54, 1.807) is 24.3 Å². The van der Waals surface area contributed by atoms with Crippen LogP contribution in [0, 0.1) is 0 Å². The predicted molar refractivity (Wildman–Crippen MR) is 103 cm³/mol. The fourth-order valence-electron chi connectivity index (χ4n) is 4.22. The van der Waals surface area contributed by atoms with E-state index in [2.05, 4.69) is 0 Å². The van der Waals surface area contributed by atoms with Gasteiger partial charge in [-0.2, -0.15) is 13.2 Å². The largest absolute Gasteiger partial charge is 0.507 e. The van der Waals surface area contributed by atoms with Crippen molar-refractivity contribution < 1.29 is 42.1 Å². The number of halogens is 3. The number of phenolic OH excluding ortho intramolecular Hbond substituents is 1. The summed E-state index contributed by atoms with van der Waals surface area (Å²) in [6, 6.07) is 11.2. The number of furan rings is 1. The number of aliphatic hydroxyl groups excluding tert-OH is 1. The van der Waals surface area contributed by atoms with Gasteiger partial charge in [-0.05, 0) is 29.8 Å². The third kappa shape index (κ3) is 2.83. The lowest BCUT2D eigenvalue weighted by atomic mass is 9.75. The minimum absolute atomic E-state index is 0.0545. The molecule has 2 aliphatic heterocycles. The Morgan fingerprint density at radius 1 is 1.03 bits per heavy atom. The molecule has 1 aromatic heterocycles. The maximum Gasteiger partial charge on any atom is 0.449 e. The number of aromatic hydroxyl groups is 1. The highest BCUT2D eigenvalue weighted by Gasteiger charge is 2.53. The molecule has 7 nitrogen and oxygen atoms in total. The van der Waals surface area contributed by atoms with Crippen molar-refractivity contribution in [2.45, 2.75) is 18.1 Å². The molecule has 0 saturated carbocycles. The molecule has 32 heavy (non-hydrogen) atoms. The second kappa shape index (κ2) is 6.92. The van der Waals surface area contributed by atoms with E-state index in [0.29, 0.717) is 22.7 Å². The van der Waals surface area contributed by atoms with E-state index >= 15 is 0 Å². The van der Waals surface area contributed by atoms with Crippen molar-refractivity contribution in [1.29, 1.82) is 0 Å². The molecular weight excluding hydrogens is 431 g/mol. The van der Waals surface area contributed by atoms with Crippen LogP contribution in [0.25, 0.3) is 0 Å². The van der Waals surface area contributed by atoms with Crippen LogP contribution in [0.1, 0.15) is 22.6 Å². The molecule has 166 valence electrons. The fourth-order valence-corrected chi connectivity index (χ4v) is 4.22. The van der Waals surface area contributed by atoms with E-state index in [0.717, 1.165) is 12.1 Å². The molecule has 2 N–H and O–H groups in total. The number of ether oxygens (including phenoxy) is 2. The Morgan fingerprint density at radius 2 is 1.75 bits per heavy atom. The van der Waals surface area contributed by atoms with Crippen LogP contribution in [-0.4, -0.2) is 29.5 Å². The number of phenols is 1. The highest BCUT2D eigenvalue weighted by molar-refractivity contribution is 6.11. The lowest BCUT2D eigenvalue weighted by molar-refractivity contribution is -0.153. The highest BCUT2D eigenvalue weighted by Crippen LogP contribution is 2.51. The molecule has 1 amide bonds. The zero-order chi connectivity index (χ0) is 22.7. The number of para-hydroxylation sites is 1. The van der Waals surface area contributed by atoms with Crippen LogP contribution in [0.4, 0.5) is 18.9 Å². The van der Waals surface area contributed by atoms with Gasteiger partial charge in [0.2, 0.25) is 18.5 Å². The van der Waals surface area contributed by atoms with Crippen molar-refractivity contribution in [3.8, 4) is 17.2 Å². The number of fused-ring (bicyclic) bond motifs is 2.